The van der Waals surface area contributed by atoms with E-state index < -0.39 is 18.1 Å². The molecule has 1 saturated carbocycles. The molecule has 0 aliphatic heterocycles. The van der Waals surface area contributed by atoms with Gasteiger partial charge in [0, 0.05) is 6.54 Å². The van der Waals surface area contributed by atoms with Gasteiger partial charge in [-0.3, -0.25) is 4.79 Å². The van der Waals surface area contributed by atoms with Crippen LogP contribution in [0.25, 0.3) is 0 Å². The molecule has 0 aromatic rings. The van der Waals surface area contributed by atoms with Crippen LogP contribution in [0, 0.1) is 5.92 Å². The molecule has 0 saturated heterocycles. The summed E-state index contributed by atoms with van der Waals surface area (Å²) in [5, 5.41) is 21.8. The standard InChI is InChI=1S/C13H25NO3/c1-2-5-12(13(16)17)14-9-11(15)8-10-6-3-4-7-10/h10-12,14-15H,2-9H2,1H3,(H,16,17). The van der Waals surface area contributed by atoms with Crippen LogP contribution in [0.5, 0.6) is 0 Å². The highest BCUT2D eigenvalue weighted by Gasteiger charge is 2.21. The van der Waals surface area contributed by atoms with E-state index in [2.05, 4.69) is 5.32 Å². The maximum absolute atomic E-state index is 10.9. The van der Waals surface area contributed by atoms with E-state index in [0.717, 1.165) is 12.8 Å². The van der Waals surface area contributed by atoms with Crippen LogP contribution < -0.4 is 5.32 Å². The van der Waals surface area contributed by atoms with Gasteiger partial charge in [-0.1, -0.05) is 39.0 Å². The summed E-state index contributed by atoms with van der Waals surface area (Å²) >= 11 is 0. The van der Waals surface area contributed by atoms with Gasteiger partial charge in [-0.25, -0.2) is 0 Å². The topological polar surface area (TPSA) is 69.6 Å². The number of hydrogen-bond donors (Lipinski definition) is 3. The molecule has 2 atom stereocenters. The lowest BCUT2D eigenvalue weighted by atomic mass is 10.00. The SMILES string of the molecule is CCCC(NCC(O)CC1CCCC1)C(=O)O. The molecule has 4 nitrogen and oxygen atoms in total. The zero-order chi connectivity index (χ0) is 12.7. The largest absolute Gasteiger partial charge is 0.480 e. The van der Waals surface area contributed by atoms with Gasteiger partial charge in [-0.15, -0.1) is 0 Å². The van der Waals surface area contributed by atoms with Crippen LogP contribution >= 0.6 is 0 Å². The van der Waals surface area contributed by atoms with Gasteiger partial charge < -0.3 is 15.5 Å². The molecule has 0 bridgehead atoms. The first-order valence-corrected chi connectivity index (χ1v) is 6.77. The minimum absolute atomic E-state index is 0.396. The Hall–Kier alpha value is -0.610. The molecule has 0 heterocycles. The summed E-state index contributed by atoms with van der Waals surface area (Å²) in [4.78, 5) is 10.9. The highest BCUT2D eigenvalue weighted by atomic mass is 16.4. The third-order valence-electron chi connectivity index (χ3n) is 3.56. The average Bonchev–Trinajstić information content (AvgIpc) is 2.76. The fraction of sp³-hybridized carbons (Fsp3) is 0.923. The Morgan fingerprint density at radius 1 is 1.41 bits per heavy atom. The van der Waals surface area contributed by atoms with E-state index in [9.17, 15) is 9.90 Å². The molecule has 1 fully saturated rings. The number of hydrogen-bond acceptors (Lipinski definition) is 3. The van der Waals surface area contributed by atoms with Crippen molar-refractivity contribution in [1.82, 2.24) is 5.32 Å². The van der Waals surface area contributed by atoms with E-state index in [-0.39, 0.29) is 0 Å². The van der Waals surface area contributed by atoms with E-state index in [0.29, 0.717) is 18.9 Å². The normalized spacial score (nSPS) is 20.4. The van der Waals surface area contributed by atoms with Crippen LogP contribution in [0.2, 0.25) is 0 Å². The molecule has 1 aliphatic rings. The molecule has 2 unspecified atom stereocenters. The molecular formula is C13H25NO3. The van der Waals surface area contributed by atoms with Crippen LogP contribution in [0.15, 0.2) is 0 Å². The monoisotopic (exact) mass is 243 g/mol. The van der Waals surface area contributed by atoms with Crippen molar-refractivity contribution >= 4 is 5.97 Å². The van der Waals surface area contributed by atoms with Crippen LogP contribution in [-0.4, -0.2) is 34.9 Å². The molecule has 17 heavy (non-hydrogen) atoms. The van der Waals surface area contributed by atoms with Gasteiger partial charge in [0.1, 0.15) is 6.04 Å². The summed E-state index contributed by atoms with van der Waals surface area (Å²) in [7, 11) is 0. The first-order chi connectivity index (χ1) is 8.13. The predicted molar refractivity (Wildman–Crippen MR) is 66.9 cm³/mol. The van der Waals surface area contributed by atoms with Gasteiger partial charge in [-0.2, -0.15) is 0 Å². The molecule has 0 radical (unpaired) electrons. The number of carboxylic acid groups (broad SMARTS) is 1. The molecule has 1 aliphatic carbocycles. The number of aliphatic hydroxyl groups is 1. The fourth-order valence-corrected chi connectivity index (χ4v) is 2.59. The predicted octanol–water partition coefficient (Wildman–Crippen LogP) is 1.77. The van der Waals surface area contributed by atoms with E-state index >= 15 is 0 Å². The van der Waals surface area contributed by atoms with Gasteiger partial charge in [0.25, 0.3) is 0 Å². The average molecular weight is 243 g/mol. The van der Waals surface area contributed by atoms with Gasteiger partial charge in [-0.05, 0) is 18.8 Å². The van der Waals surface area contributed by atoms with Gasteiger partial charge >= 0.3 is 5.97 Å². The Kier molecular flexibility index (Phi) is 6.52. The third-order valence-corrected chi connectivity index (χ3v) is 3.56. The van der Waals surface area contributed by atoms with Crippen LogP contribution in [0.3, 0.4) is 0 Å². The number of aliphatic hydroxyl groups excluding tert-OH is 1. The number of nitrogens with one attached hydrogen (secondary N) is 1. The van der Waals surface area contributed by atoms with Gasteiger partial charge in [0.05, 0.1) is 6.10 Å². The second-order valence-electron chi connectivity index (χ2n) is 5.13. The van der Waals surface area contributed by atoms with Crippen molar-refractivity contribution in [2.75, 3.05) is 6.54 Å². The lowest BCUT2D eigenvalue weighted by molar-refractivity contribution is -0.139. The Morgan fingerprint density at radius 3 is 2.59 bits per heavy atom. The second-order valence-corrected chi connectivity index (χ2v) is 5.13. The minimum atomic E-state index is -0.820. The highest BCUT2D eigenvalue weighted by molar-refractivity contribution is 5.73. The van der Waals surface area contributed by atoms with Crippen molar-refractivity contribution in [3.05, 3.63) is 0 Å². The number of carboxylic acids is 1. The molecule has 0 aromatic carbocycles. The smallest absolute Gasteiger partial charge is 0.320 e. The van der Waals surface area contributed by atoms with Crippen molar-refractivity contribution in [3.63, 3.8) is 0 Å². The van der Waals surface area contributed by atoms with Crippen molar-refractivity contribution < 1.29 is 15.0 Å². The number of rotatable bonds is 8. The zero-order valence-electron chi connectivity index (χ0n) is 10.7. The second kappa shape index (κ2) is 7.67. The minimum Gasteiger partial charge on any atom is -0.480 e. The van der Waals surface area contributed by atoms with E-state index in [1.165, 1.54) is 25.7 Å². The molecular weight excluding hydrogens is 218 g/mol. The summed E-state index contributed by atoms with van der Waals surface area (Å²) in [6, 6.07) is -0.516. The number of carbonyl (C=O) groups is 1. The number of aliphatic carboxylic acids is 1. The van der Waals surface area contributed by atoms with Gasteiger partial charge in [0.2, 0.25) is 0 Å². The summed E-state index contributed by atoms with van der Waals surface area (Å²) in [5.41, 5.74) is 0. The lowest BCUT2D eigenvalue weighted by Gasteiger charge is -2.19. The summed E-state index contributed by atoms with van der Waals surface area (Å²) in [5.74, 6) is -0.179. The third kappa shape index (κ3) is 5.50. The quantitative estimate of drug-likeness (QED) is 0.607. The molecule has 3 N–H and O–H groups in total. The zero-order valence-corrected chi connectivity index (χ0v) is 10.7. The highest BCUT2D eigenvalue weighted by Crippen LogP contribution is 2.28. The summed E-state index contributed by atoms with van der Waals surface area (Å²) in [6.45, 7) is 2.36. The molecule has 4 heteroatoms. The summed E-state index contributed by atoms with van der Waals surface area (Å²) < 4.78 is 0. The molecule has 1 rings (SSSR count). The maximum atomic E-state index is 10.9. The van der Waals surface area contributed by atoms with Crippen molar-refractivity contribution in [3.8, 4) is 0 Å². The fourth-order valence-electron chi connectivity index (χ4n) is 2.59. The van der Waals surface area contributed by atoms with E-state index in [1.54, 1.807) is 0 Å². The maximum Gasteiger partial charge on any atom is 0.320 e. The Balaban J connectivity index is 2.20. The molecule has 100 valence electrons. The molecule has 0 amide bonds. The summed E-state index contributed by atoms with van der Waals surface area (Å²) in [6.07, 6.45) is 6.84. The van der Waals surface area contributed by atoms with Crippen molar-refractivity contribution in [2.45, 2.75) is 64.0 Å². The van der Waals surface area contributed by atoms with Crippen molar-refractivity contribution in [2.24, 2.45) is 5.92 Å². The Morgan fingerprint density at radius 2 is 2.06 bits per heavy atom. The molecule has 0 aromatic heterocycles. The molecule has 0 spiro atoms. The van der Waals surface area contributed by atoms with Crippen LogP contribution in [0.1, 0.15) is 51.9 Å². The van der Waals surface area contributed by atoms with Crippen molar-refractivity contribution in [1.29, 1.82) is 0 Å². The van der Waals surface area contributed by atoms with Gasteiger partial charge in [0.15, 0.2) is 0 Å². The van der Waals surface area contributed by atoms with E-state index in [4.69, 9.17) is 5.11 Å². The Bertz CT molecular complexity index is 227. The first kappa shape index (κ1) is 14.5. The van der Waals surface area contributed by atoms with Crippen LogP contribution in [0.4, 0.5) is 0 Å². The first-order valence-electron chi connectivity index (χ1n) is 6.77. The van der Waals surface area contributed by atoms with E-state index in [1.807, 2.05) is 6.92 Å². The Labute approximate surface area is 103 Å². The van der Waals surface area contributed by atoms with Crippen LogP contribution in [-0.2, 0) is 4.79 Å². The lowest BCUT2D eigenvalue weighted by Crippen LogP contribution is -2.41.